The number of rotatable bonds is 7. The minimum absolute atomic E-state index is 0.367. The maximum Gasteiger partial charge on any atom is 0.329 e. The number of nitrogens with one attached hydrogen (secondary N) is 1. The summed E-state index contributed by atoms with van der Waals surface area (Å²) in [5, 5.41) is 6.47. The lowest BCUT2D eigenvalue weighted by Crippen LogP contribution is -2.31. The van der Waals surface area contributed by atoms with Gasteiger partial charge in [-0.05, 0) is 56.4 Å². The summed E-state index contributed by atoms with van der Waals surface area (Å²) in [5.41, 5.74) is 8.73. The Morgan fingerprint density at radius 2 is 2.40 bits per heavy atom. The Hall–Kier alpha value is -1.15. The molecule has 0 aliphatic carbocycles. The Balaban J connectivity index is 2.78. The summed E-state index contributed by atoms with van der Waals surface area (Å²) in [5.74, 6) is -0.427. The van der Waals surface area contributed by atoms with E-state index in [2.05, 4.69) is 52.2 Å². The van der Waals surface area contributed by atoms with Gasteiger partial charge in [0.1, 0.15) is 6.04 Å². The van der Waals surface area contributed by atoms with E-state index in [1.165, 1.54) is 7.11 Å². The number of pyridine rings is 1. The molecule has 0 spiro atoms. The Kier molecular flexibility index (Phi) is 7.53. The largest absolute Gasteiger partial charge is 0.468 e. The molecule has 0 aliphatic heterocycles. The van der Waals surface area contributed by atoms with Crippen molar-refractivity contribution < 1.29 is 9.53 Å². The zero-order valence-electron chi connectivity index (χ0n) is 10.7. The van der Waals surface area contributed by atoms with Crippen molar-refractivity contribution in [3.63, 3.8) is 0 Å². The number of carbonyl (C=O) groups excluding carboxylic acids is 1. The fraction of sp³-hybridized carbons (Fsp3) is 0.455. The Morgan fingerprint density at radius 3 is 3.00 bits per heavy atom. The van der Waals surface area contributed by atoms with Crippen molar-refractivity contribution in [1.82, 2.24) is 10.3 Å². The van der Waals surface area contributed by atoms with Crippen molar-refractivity contribution in [3.05, 3.63) is 37.3 Å². The topological polar surface area (TPSA) is 100.0 Å². The van der Waals surface area contributed by atoms with Crippen molar-refractivity contribution in [3.8, 4) is 0 Å². The molecule has 108 valence electrons. The molecule has 0 bridgehead atoms. The van der Waals surface area contributed by atoms with E-state index >= 15 is 0 Å². The lowest BCUT2D eigenvalue weighted by molar-refractivity contribution is -0.143. The number of halogens is 2. The molecule has 0 radical (unpaired) electrons. The molecule has 1 aromatic heterocycles. The summed E-state index contributed by atoms with van der Waals surface area (Å²) >= 11 is 6.68. The molecule has 7 nitrogen and oxygen atoms in total. The number of methoxy groups -OCH3 is 1. The van der Waals surface area contributed by atoms with Crippen LogP contribution in [-0.2, 0) is 9.53 Å². The Bertz CT molecular complexity index is 520. The van der Waals surface area contributed by atoms with Crippen LogP contribution in [0.2, 0.25) is 0 Å². The van der Waals surface area contributed by atoms with Crippen LogP contribution in [0.25, 0.3) is 10.4 Å². The second kappa shape index (κ2) is 8.91. The molecule has 0 saturated heterocycles. The summed E-state index contributed by atoms with van der Waals surface area (Å²) in [6.07, 6.45) is 2.23. The molecule has 0 saturated carbocycles. The van der Waals surface area contributed by atoms with Gasteiger partial charge in [0.25, 0.3) is 0 Å². The first-order chi connectivity index (χ1) is 9.60. The zero-order valence-corrected chi connectivity index (χ0v) is 13.9. The van der Waals surface area contributed by atoms with Gasteiger partial charge in [-0.3, -0.25) is 10.3 Å². The average molecular weight is 407 g/mol. The Morgan fingerprint density at radius 1 is 1.65 bits per heavy atom. The van der Waals surface area contributed by atoms with E-state index in [-0.39, 0.29) is 0 Å². The third kappa shape index (κ3) is 5.09. The summed E-state index contributed by atoms with van der Waals surface area (Å²) in [6.45, 7) is 0.870. The van der Waals surface area contributed by atoms with Crippen LogP contribution in [0.1, 0.15) is 18.2 Å². The second-order valence-corrected chi connectivity index (χ2v) is 5.51. The first-order valence-corrected chi connectivity index (χ1v) is 7.31. The van der Waals surface area contributed by atoms with Gasteiger partial charge in [0.05, 0.1) is 12.8 Å². The van der Waals surface area contributed by atoms with Crippen LogP contribution in [0.4, 0.5) is 0 Å². The van der Waals surface area contributed by atoms with E-state index in [1.807, 2.05) is 0 Å². The number of hydrogen-bond donors (Lipinski definition) is 1. The summed E-state index contributed by atoms with van der Waals surface area (Å²) in [4.78, 5) is 18.7. The molecule has 0 fully saturated rings. The van der Waals surface area contributed by atoms with Crippen LogP contribution in [0.5, 0.6) is 0 Å². The third-order valence-corrected chi connectivity index (χ3v) is 3.46. The highest BCUT2D eigenvalue weighted by atomic mass is 79.9. The maximum absolute atomic E-state index is 11.8. The molecule has 1 atom stereocenters. The highest BCUT2D eigenvalue weighted by Crippen LogP contribution is 2.25. The quantitative estimate of drug-likeness (QED) is 0.247. The van der Waals surface area contributed by atoms with Crippen LogP contribution in [-0.4, -0.2) is 31.2 Å². The predicted molar refractivity (Wildman–Crippen MR) is 81.0 cm³/mol. The van der Waals surface area contributed by atoms with E-state index < -0.39 is 12.0 Å². The maximum atomic E-state index is 11.8. The van der Waals surface area contributed by atoms with Crippen LogP contribution in [0, 0.1) is 0 Å². The monoisotopic (exact) mass is 405 g/mol. The van der Waals surface area contributed by atoms with Gasteiger partial charge in [-0.1, -0.05) is 5.11 Å². The van der Waals surface area contributed by atoms with Crippen molar-refractivity contribution in [2.45, 2.75) is 12.5 Å². The van der Waals surface area contributed by atoms with Gasteiger partial charge >= 0.3 is 5.97 Å². The molecule has 20 heavy (non-hydrogen) atoms. The van der Waals surface area contributed by atoms with Crippen molar-refractivity contribution >= 4 is 37.8 Å². The third-order valence-electron chi connectivity index (χ3n) is 2.39. The van der Waals surface area contributed by atoms with Crippen LogP contribution in [0.3, 0.4) is 0 Å². The highest BCUT2D eigenvalue weighted by Gasteiger charge is 2.24. The number of carbonyl (C=O) groups is 1. The molecule has 1 N–H and O–H groups in total. The number of hydrogen-bond acceptors (Lipinski definition) is 5. The van der Waals surface area contributed by atoms with Gasteiger partial charge in [0, 0.05) is 26.6 Å². The molecular weight excluding hydrogens is 394 g/mol. The molecule has 0 amide bonds. The van der Waals surface area contributed by atoms with Gasteiger partial charge in [0.2, 0.25) is 0 Å². The number of aromatic nitrogens is 1. The number of esters is 1. The van der Waals surface area contributed by atoms with Gasteiger partial charge < -0.3 is 4.74 Å². The fourth-order valence-electron chi connectivity index (χ4n) is 1.49. The van der Waals surface area contributed by atoms with E-state index in [4.69, 9.17) is 10.3 Å². The zero-order chi connectivity index (χ0) is 15.0. The van der Waals surface area contributed by atoms with Crippen LogP contribution < -0.4 is 5.32 Å². The van der Waals surface area contributed by atoms with E-state index in [0.29, 0.717) is 29.7 Å². The smallest absolute Gasteiger partial charge is 0.329 e. The summed E-state index contributed by atoms with van der Waals surface area (Å²) in [7, 11) is 1.32. The molecule has 9 heteroatoms. The van der Waals surface area contributed by atoms with Crippen LogP contribution >= 0.6 is 31.9 Å². The van der Waals surface area contributed by atoms with Gasteiger partial charge in [0.15, 0.2) is 0 Å². The standard InChI is InChI=1S/C11H13Br2N5O2/c1-20-11(19)10(15-3-2-4-17-18-14)9-8(13)5-7(12)6-16-9/h5-6,10,15H,2-4H2,1H3. The van der Waals surface area contributed by atoms with Crippen molar-refractivity contribution in [1.29, 1.82) is 0 Å². The van der Waals surface area contributed by atoms with Crippen molar-refractivity contribution in [2.24, 2.45) is 5.11 Å². The number of ether oxygens (including phenoxy) is 1. The second-order valence-electron chi connectivity index (χ2n) is 3.74. The van der Waals surface area contributed by atoms with Gasteiger partial charge in [-0.15, -0.1) is 0 Å². The average Bonchev–Trinajstić information content (AvgIpc) is 2.43. The normalized spacial score (nSPS) is 11.6. The molecule has 0 aromatic carbocycles. The molecule has 1 unspecified atom stereocenters. The molecule has 0 aliphatic rings. The molecular formula is C11H13Br2N5O2. The molecule has 1 aromatic rings. The lowest BCUT2D eigenvalue weighted by atomic mass is 10.2. The summed E-state index contributed by atoms with van der Waals surface area (Å²) in [6, 6.07) is 1.13. The molecule has 1 heterocycles. The van der Waals surface area contributed by atoms with E-state index in [1.54, 1.807) is 12.3 Å². The summed E-state index contributed by atoms with van der Waals surface area (Å²) < 4.78 is 6.28. The lowest BCUT2D eigenvalue weighted by Gasteiger charge is -2.17. The van der Waals surface area contributed by atoms with E-state index in [0.717, 1.165) is 4.47 Å². The Labute approximate surface area is 133 Å². The van der Waals surface area contributed by atoms with Gasteiger partial charge in [-0.2, -0.15) is 0 Å². The minimum Gasteiger partial charge on any atom is -0.468 e. The van der Waals surface area contributed by atoms with E-state index in [9.17, 15) is 4.79 Å². The van der Waals surface area contributed by atoms with Crippen LogP contribution in [0.15, 0.2) is 26.3 Å². The first kappa shape index (κ1) is 16.9. The predicted octanol–water partition coefficient (Wildman–Crippen LogP) is 3.11. The van der Waals surface area contributed by atoms with Gasteiger partial charge in [-0.25, -0.2) is 4.79 Å². The molecule has 1 rings (SSSR count). The number of nitrogens with zero attached hydrogens (tertiary/aromatic N) is 4. The highest BCUT2D eigenvalue weighted by molar-refractivity contribution is 9.11. The SMILES string of the molecule is COC(=O)C(NCCCN=[N+]=[N-])c1ncc(Br)cc1Br. The minimum atomic E-state index is -0.673. The number of azide groups is 1. The fourth-order valence-corrected chi connectivity index (χ4v) is 2.70. The van der Waals surface area contributed by atoms with Crippen molar-refractivity contribution in [2.75, 3.05) is 20.2 Å². The first-order valence-electron chi connectivity index (χ1n) is 5.73.